The lowest BCUT2D eigenvalue weighted by Gasteiger charge is -2.30. The highest BCUT2D eigenvalue weighted by Crippen LogP contribution is 2.25. The molecule has 0 aromatic rings. The smallest absolute Gasteiger partial charge is 0.0133 e. The number of fused-ring (bicyclic) bond motifs is 1. The van der Waals surface area contributed by atoms with E-state index in [1.807, 2.05) is 0 Å². The highest BCUT2D eigenvalue weighted by Gasteiger charge is 2.28. The van der Waals surface area contributed by atoms with Gasteiger partial charge in [-0.15, -0.1) is 0 Å². The fourth-order valence-electron chi connectivity index (χ4n) is 2.90. The summed E-state index contributed by atoms with van der Waals surface area (Å²) < 4.78 is 0. The molecule has 2 atom stereocenters. The van der Waals surface area contributed by atoms with Gasteiger partial charge in [-0.1, -0.05) is 6.42 Å². The third-order valence-corrected chi connectivity index (χ3v) is 3.71. The van der Waals surface area contributed by atoms with Gasteiger partial charge in [0, 0.05) is 6.04 Å². The zero-order chi connectivity index (χ0) is 9.10. The summed E-state index contributed by atoms with van der Waals surface area (Å²) in [4.78, 5) is 2.60. The monoisotopic (exact) mass is 182 g/mol. The number of likely N-dealkylation sites (tertiary alicyclic amines) is 1. The van der Waals surface area contributed by atoms with Gasteiger partial charge in [0.15, 0.2) is 0 Å². The first-order valence-corrected chi connectivity index (χ1v) is 5.79. The van der Waals surface area contributed by atoms with Crippen molar-refractivity contribution in [3.8, 4) is 0 Å². The van der Waals surface area contributed by atoms with Crippen LogP contribution >= 0.6 is 0 Å². The van der Waals surface area contributed by atoms with Crippen molar-refractivity contribution < 1.29 is 0 Å². The number of rotatable bonds is 0. The number of nitrogens with zero attached hydrogens (tertiary/aromatic N) is 1. The molecule has 0 aliphatic carbocycles. The fourth-order valence-corrected chi connectivity index (χ4v) is 2.90. The third-order valence-electron chi connectivity index (χ3n) is 3.71. The van der Waals surface area contributed by atoms with E-state index < -0.39 is 0 Å². The molecule has 0 amide bonds. The quantitative estimate of drug-likeness (QED) is 0.610. The lowest BCUT2D eigenvalue weighted by molar-refractivity contribution is 0.187. The van der Waals surface area contributed by atoms with Gasteiger partial charge in [-0.3, -0.25) is 0 Å². The van der Waals surface area contributed by atoms with E-state index in [9.17, 15) is 0 Å². The van der Waals surface area contributed by atoms with Crippen LogP contribution in [0.4, 0.5) is 0 Å². The zero-order valence-electron chi connectivity index (χ0n) is 8.76. The van der Waals surface area contributed by atoms with Crippen LogP contribution in [-0.2, 0) is 0 Å². The molecular weight excluding hydrogens is 160 g/mol. The van der Waals surface area contributed by atoms with Crippen LogP contribution in [0.1, 0.15) is 32.1 Å². The molecule has 0 unspecified atom stereocenters. The number of hydrogen-bond acceptors (Lipinski definition) is 2. The summed E-state index contributed by atoms with van der Waals surface area (Å²) in [6.07, 6.45) is 7.07. The highest BCUT2D eigenvalue weighted by atomic mass is 15.1. The van der Waals surface area contributed by atoms with Gasteiger partial charge < -0.3 is 10.2 Å². The van der Waals surface area contributed by atoms with Crippen molar-refractivity contribution >= 4 is 0 Å². The summed E-state index contributed by atoms with van der Waals surface area (Å²) in [5.74, 6) is 0.926. The van der Waals surface area contributed by atoms with Crippen molar-refractivity contribution in [2.24, 2.45) is 5.92 Å². The van der Waals surface area contributed by atoms with Gasteiger partial charge in [0.25, 0.3) is 0 Å². The Kier molecular flexibility index (Phi) is 3.23. The van der Waals surface area contributed by atoms with Crippen molar-refractivity contribution in [3.63, 3.8) is 0 Å². The second-order valence-corrected chi connectivity index (χ2v) is 4.65. The fraction of sp³-hybridized carbons (Fsp3) is 1.00. The van der Waals surface area contributed by atoms with Crippen molar-refractivity contribution in [1.82, 2.24) is 10.2 Å². The summed E-state index contributed by atoms with van der Waals surface area (Å²) in [6.45, 7) is 3.82. The van der Waals surface area contributed by atoms with E-state index in [0.29, 0.717) is 0 Å². The normalized spacial score (nSPS) is 37.6. The van der Waals surface area contributed by atoms with E-state index in [2.05, 4.69) is 17.3 Å². The van der Waals surface area contributed by atoms with Crippen LogP contribution in [0.2, 0.25) is 0 Å². The topological polar surface area (TPSA) is 15.3 Å². The van der Waals surface area contributed by atoms with Gasteiger partial charge in [-0.25, -0.2) is 0 Å². The van der Waals surface area contributed by atoms with E-state index in [0.717, 1.165) is 12.0 Å². The zero-order valence-corrected chi connectivity index (χ0v) is 8.76. The summed E-state index contributed by atoms with van der Waals surface area (Å²) in [5.41, 5.74) is 0. The number of hydrogen-bond donors (Lipinski definition) is 1. The molecule has 0 aromatic carbocycles. The van der Waals surface area contributed by atoms with Crippen LogP contribution in [-0.4, -0.2) is 37.6 Å². The second-order valence-electron chi connectivity index (χ2n) is 4.65. The predicted molar refractivity (Wildman–Crippen MR) is 55.9 cm³/mol. The van der Waals surface area contributed by atoms with E-state index in [4.69, 9.17) is 0 Å². The first kappa shape index (κ1) is 9.47. The van der Waals surface area contributed by atoms with Crippen LogP contribution in [0, 0.1) is 5.92 Å². The molecule has 0 aromatic heterocycles. The molecule has 2 heteroatoms. The molecule has 2 rings (SSSR count). The Morgan fingerprint density at radius 1 is 1.15 bits per heavy atom. The predicted octanol–water partition coefficient (Wildman–Crippen LogP) is 1.47. The average Bonchev–Trinajstić information content (AvgIpc) is 2.43. The Balaban J connectivity index is 2.03. The van der Waals surface area contributed by atoms with E-state index in [1.54, 1.807) is 0 Å². The standard InChI is InChI=1S/C11H22N2/c1-13-8-3-2-5-10-9-12-7-4-6-11(10)13/h10-12H,2-9H2,1H3/t10-,11-/m1/s1. The molecule has 13 heavy (non-hydrogen) atoms. The average molecular weight is 182 g/mol. The van der Waals surface area contributed by atoms with E-state index in [1.165, 1.54) is 51.7 Å². The van der Waals surface area contributed by atoms with Gasteiger partial charge in [0.2, 0.25) is 0 Å². The number of nitrogens with one attached hydrogen (secondary N) is 1. The van der Waals surface area contributed by atoms with Gasteiger partial charge in [0.1, 0.15) is 0 Å². The van der Waals surface area contributed by atoms with Crippen LogP contribution in [0.3, 0.4) is 0 Å². The van der Waals surface area contributed by atoms with Crippen LogP contribution in [0.25, 0.3) is 0 Å². The first-order valence-electron chi connectivity index (χ1n) is 5.79. The SMILES string of the molecule is CN1CCCC[C@@H]2CNCCC[C@H]21. The Morgan fingerprint density at radius 2 is 2.08 bits per heavy atom. The van der Waals surface area contributed by atoms with Crippen molar-refractivity contribution in [3.05, 3.63) is 0 Å². The second kappa shape index (κ2) is 4.43. The Bertz CT molecular complexity index is 156. The van der Waals surface area contributed by atoms with Gasteiger partial charge in [0.05, 0.1) is 0 Å². The van der Waals surface area contributed by atoms with E-state index in [-0.39, 0.29) is 0 Å². The summed E-state index contributed by atoms with van der Waals surface area (Å²) in [7, 11) is 2.31. The summed E-state index contributed by atoms with van der Waals surface area (Å²) >= 11 is 0. The summed E-state index contributed by atoms with van der Waals surface area (Å²) in [6, 6.07) is 0.873. The van der Waals surface area contributed by atoms with Crippen LogP contribution < -0.4 is 5.32 Å². The maximum atomic E-state index is 3.57. The minimum Gasteiger partial charge on any atom is -0.316 e. The highest BCUT2D eigenvalue weighted by molar-refractivity contribution is 4.84. The van der Waals surface area contributed by atoms with Crippen molar-refractivity contribution in [2.75, 3.05) is 26.7 Å². The lowest BCUT2D eigenvalue weighted by atomic mass is 9.93. The lowest BCUT2D eigenvalue weighted by Crippen LogP contribution is -2.38. The Morgan fingerprint density at radius 3 is 3.00 bits per heavy atom. The van der Waals surface area contributed by atoms with Gasteiger partial charge in [-0.05, 0) is 58.3 Å². The maximum absolute atomic E-state index is 3.57. The molecule has 2 saturated heterocycles. The van der Waals surface area contributed by atoms with Crippen molar-refractivity contribution in [2.45, 2.75) is 38.1 Å². The first-order chi connectivity index (χ1) is 6.38. The molecule has 76 valence electrons. The maximum Gasteiger partial charge on any atom is 0.0133 e. The molecule has 2 nitrogen and oxygen atoms in total. The molecule has 0 spiro atoms. The third kappa shape index (κ3) is 2.23. The van der Waals surface area contributed by atoms with Gasteiger partial charge >= 0.3 is 0 Å². The van der Waals surface area contributed by atoms with Crippen LogP contribution in [0.15, 0.2) is 0 Å². The van der Waals surface area contributed by atoms with Crippen molar-refractivity contribution in [1.29, 1.82) is 0 Å². The molecular formula is C11H22N2. The molecule has 2 heterocycles. The van der Waals surface area contributed by atoms with Crippen LogP contribution in [0.5, 0.6) is 0 Å². The molecule has 2 aliphatic heterocycles. The minimum absolute atomic E-state index is 0.873. The molecule has 0 bridgehead atoms. The minimum atomic E-state index is 0.873. The van der Waals surface area contributed by atoms with Gasteiger partial charge in [-0.2, -0.15) is 0 Å². The molecule has 0 saturated carbocycles. The Labute approximate surface area is 81.7 Å². The molecule has 2 fully saturated rings. The molecule has 1 N–H and O–H groups in total. The van der Waals surface area contributed by atoms with E-state index >= 15 is 0 Å². The molecule has 0 radical (unpaired) electrons. The molecule has 2 aliphatic rings. The Hall–Kier alpha value is -0.0800. The summed E-state index contributed by atoms with van der Waals surface area (Å²) in [5, 5.41) is 3.57. The largest absolute Gasteiger partial charge is 0.316 e.